The van der Waals surface area contributed by atoms with Gasteiger partial charge in [-0.2, -0.15) is 11.3 Å². The van der Waals surface area contributed by atoms with Crippen molar-refractivity contribution in [3.63, 3.8) is 0 Å². The molecule has 0 fully saturated rings. The molecular formula is C14H18N2S. The summed E-state index contributed by atoms with van der Waals surface area (Å²) in [6.45, 7) is 5.25. The van der Waals surface area contributed by atoms with E-state index in [0.717, 1.165) is 13.0 Å². The third-order valence-electron chi connectivity index (χ3n) is 2.91. The summed E-state index contributed by atoms with van der Waals surface area (Å²) >= 11 is 1.75. The molecule has 2 aromatic heterocycles. The second-order valence-electron chi connectivity index (χ2n) is 4.14. The van der Waals surface area contributed by atoms with E-state index in [1.54, 1.807) is 11.3 Å². The van der Waals surface area contributed by atoms with Crippen LogP contribution in [0.25, 0.3) is 0 Å². The van der Waals surface area contributed by atoms with Crippen LogP contribution in [0.4, 0.5) is 0 Å². The zero-order valence-electron chi connectivity index (χ0n) is 10.3. The molecule has 0 bridgehead atoms. The topological polar surface area (TPSA) is 24.9 Å². The Hall–Kier alpha value is -1.19. The fourth-order valence-corrected chi connectivity index (χ4v) is 2.67. The highest BCUT2D eigenvalue weighted by molar-refractivity contribution is 7.07. The number of aromatic nitrogens is 1. The van der Waals surface area contributed by atoms with E-state index in [9.17, 15) is 0 Å². The summed E-state index contributed by atoms with van der Waals surface area (Å²) in [5.41, 5.74) is 3.82. The zero-order valence-corrected chi connectivity index (χ0v) is 11.1. The monoisotopic (exact) mass is 246 g/mol. The molecule has 2 rings (SSSR count). The van der Waals surface area contributed by atoms with E-state index in [1.165, 1.54) is 16.8 Å². The van der Waals surface area contributed by atoms with Crippen molar-refractivity contribution in [2.45, 2.75) is 26.3 Å². The number of thiophene rings is 1. The molecule has 0 aliphatic carbocycles. The third kappa shape index (κ3) is 3.14. The van der Waals surface area contributed by atoms with Crippen molar-refractivity contribution in [1.82, 2.24) is 10.3 Å². The van der Waals surface area contributed by atoms with Gasteiger partial charge in [-0.3, -0.25) is 4.98 Å². The largest absolute Gasteiger partial charge is 0.310 e. The van der Waals surface area contributed by atoms with Crippen molar-refractivity contribution < 1.29 is 0 Å². The quantitative estimate of drug-likeness (QED) is 0.875. The number of pyridine rings is 1. The van der Waals surface area contributed by atoms with Crippen molar-refractivity contribution >= 4 is 11.3 Å². The molecule has 0 saturated heterocycles. The first-order valence-electron chi connectivity index (χ1n) is 5.97. The van der Waals surface area contributed by atoms with Gasteiger partial charge in [0, 0.05) is 24.4 Å². The molecule has 0 amide bonds. The Morgan fingerprint density at radius 2 is 2.29 bits per heavy atom. The van der Waals surface area contributed by atoms with Crippen LogP contribution in [0, 0.1) is 6.92 Å². The van der Waals surface area contributed by atoms with Crippen LogP contribution >= 0.6 is 11.3 Å². The molecule has 0 aliphatic heterocycles. The molecular weight excluding hydrogens is 228 g/mol. The van der Waals surface area contributed by atoms with E-state index >= 15 is 0 Å². The smallest absolute Gasteiger partial charge is 0.0451 e. The Morgan fingerprint density at radius 1 is 1.41 bits per heavy atom. The normalized spacial score (nSPS) is 12.6. The molecule has 1 atom stereocenters. The number of rotatable bonds is 5. The first kappa shape index (κ1) is 12.3. The first-order chi connectivity index (χ1) is 8.31. The van der Waals surface area contributed by atoms with Gasteiger partial charge in [-0.15, -0.1) is 0 Å². The average Bonchev–Trinajstić information content (AvgIpc) is 2.85. The van der Waals surface area contributed by atoms with E-state index in [-0.39, 0.29) is 0 Å². The number of nitrogens with one attached hydrogen (secondary N) is 1. The molecule has 3 heteroatoms. The predicted octanol–water partition coefficient (Wildman–Crippen LogP) is 3.34. The first-order valence-corrected chi connectivity index (χ1v) is 6.91. The van der Waals surface area contributed by atoms with Crippen LogP contribution in [0.2, 0.25) is 0 Å². The molecule has 1 unspecified atom stereocenters. The van der Waals surface area contributed by atoms with Gasteiger partial charge in [0.1, 0.15) is 0 Å². The molecule has 0 saturated carbocycles. The maximum atomic E-state index is 4.47. The molecule has 0 aliphatic rings. The van der Waals surface area contributed by atoms with Crippen molar-refractivity contribution in [3.05, 3.63) is 52.0 Å². The van der Waals surface area contributed by atoms with Crippen LogP contribution in [0.1, 0.15) is 29.8 Å². The molecule has 90 valence electrons. The molecule has 2 heterocycles. The zero-order chi connectivity index (χ0) is 12.1. The minimum absolute atomic E-state index is 0.375. The third-order valence-corrected chi connectivity index (χ3v) is 3.61. The molecule has 0 radical (unpaired) electrons. The fourth-order valence-electron chi connectivity index (χ4n) is 1.95. The number of hydrogen-bond donors (Lipinski definition) is 1. The van der Waals surface area contributed by atoms with Crippen molar-refractivity contribution in [2.75, 3.05) is 6.54 Å². The lowest BCUT2D eigenvalue weighted by Gasteiger charge is -2.17. The van der Waals surface area contributed by atoms with Crippen LogP contribution in [0.3, 0.4) is 0 Å². The highest BCUT2D eigenvalue weighted by atomic mass is 32.1. The van der Waals surface area contributed by atoms with E-state index in [1.807, 2.05) is 12.3 Å². The van der Waals surface area contributed by atoms with Gasteiger partial charge in [0.15, 0.2) is 0 Å². The average molecular weight is 246 g/mol. The summed E-state index contributed by atoms with van der Waals surface area (Å²) in [6.07, 6.45) is 2.83. The lowest BCUT2D eigenvalue weighted by Crippen LogP contribution is -2.23. The summed E-state index contributed by atoms with van der Waals surface area (Å²) in [5, 5.41) is 7.87. The summed E-state index contributed by atoms with van der Waals surface area (Å²) < 4.78 is 0. The van der Waals surface area contributed by atoms with E-state index < -0.39 is 0 Å². The lowest BCUT2D eigenvalue weighted by atomic mass is 10.0. The Balaban J connectivity index is 2.16. The van der Waals surface area contributed by atoms with Gasteiger partial charge in [0.05, 0.1) is 0 Å². The van der Waals surface area contributed by atoms with Gasteiger partial charge in [0.25, 0.3) is 0 Å². The van der Waals surface area contributed by atoms with Crippen LogP contribution in [0.5, 0.6) is 0 Å². The molecule has 0 spiro atoms. The lowest BCUT2D eigenvalue weighted by molar-refractivity contribution is 0.544. The Kier molecular flexibility index (Phi) is 4.29. The second-order valence-corrected chi connectivity index (χ2v) is 4.92. The number of hydrogen-bond acceptors (Lipinski definition) is 3. The van der Waals surface area contributed by atoms with Gasteiger partial charge in [-0.1, -0.05) is 13.0 Å². The predicted molar refractivity (Wildman–Crippen MR) is 73.4 cm³/mol. The van der Waals surface area contributed by atoms with Crippen molar-refractivity contribution in [2.24, 2.45) is 0 Å². The van der Waals surface area contributed by atoms with E-state index in [4.69, 9.17) is 0 Å². The van der Waals surface area contributed by atoms with Gasteiger partial charge < -0.3 is 5.32 Å². The maximum absolute atomic E-state index is 4.47. The second kappa shape index (κ2) is 5.94. The van der Waals surface area contributed by atoms with Crippen LogP contribution in [-0.2, 0) is 6.42 Å². The summed E-state index contributed by atoms with van der Waals surface area (Å²) in [7, 11) is 0. The Labute approximate surface area is 107 Å². The van der Waals surface area contributed by atoms with Crippen molar-refractivity contribution in [1.29, 1.82) is 0 Å². The van der Waals surface area contributed by atoms with Crippen LogP contribution < -0.4 is 5.32 Å². The summed E-state index contributed by atoms with van der Waals surface area (Å²) in [6, 6.07) is 6.68. The van der Waals surface area contributed by atoms with Gasteiger partial charge in [-0.05, 0) is 47.5 Å². The van der Waals surface area contributed by atoms with Crippen molar-refractivity contribution in [3.8, 4) is 0 Å². The standard InChI is InChI=1S/C14H18N2S/c1-3-15-14(12-6-8-17-10-12)9-13-11(2)5-4-7-16-13/h4-8,10,14-15H,3,9H2,1-2H3. The van der Waals surface area contributed by atoms with Gasteiger partial charge >= 0.3 is 0 Å². The van der Waals surface area contributed by atoms with Gasteiger partial charge in [0.2, 0.25) is 0 Å². The Morgan fingerprint density at radius 3 is 2.94 bits per heavy atom. The van der Waals surface area contributed by atoms with Gasteiger partial charge in [-0.25, -0.2) is 0 Å². The Bertz CT molecular complexity index is 451. The summed E-state index contributed by atoms with van der Waals surface area (Å²) in [4.78, 5) is 4.47. The summed E-state index contributed by atoms with van der Waals surface area (Å²) in [5.74, 6) is 0. The fraction of sp³-hybridized carbons (Fsp3) is 0.357. The van der Waals surface area contributed by atoms with E-state index in [0.29, 0.717) is 6.04 Å². The molecule has 2 aromatic rings. The molecule has 0 aromatic carbocycles. The minimum Gasteiger partial charge on any atom is -0.310 e. The molecule has 2 nitrogen and oxygen atoms in total. The highest BCUT2D eigenvalue weighted by Gasteiger charge is 2.13. The number of likely N-dealkylation sites (N-methyl/N-ethyl adjacent to an activating group) is 1. The molecule has 1 N–H and O–H groups in total. The van der Waals surface area contributed by atoms with Crippen LogP contribution in [-0.4, -0.2) is 11.5 Å². The minimum atomic E-state index is 0.375. The van der Waals surface area contributed by atoms with Crippen LogP contribution in [0.15, 0.2) is 35.2 Å². The number of nitrogens with zero attached hydrogens (tertiary/aromatic N) is 1. The SMILES string of the molecule is CCNC(Cc1ncccc1C)c1ccsc1. The molecule has 17 heavy (non-hydrogen) atoms. The number of aryl methyl sites for hydroxylation is 1. The highest BCUT2D eigenvalue weighted by Crippen LogP contribution is 2.21. The maximum Gasteiger partial charge on any atom is 0.0451 e. The van der Waals surface area contributed by atoms with E-state index in [2.05, 4.69) is 47.0 Å².